The minimum Gasteiger partial charge on any atom is -0.319 e. The molecule has 1 aromatic heterocycles. The molecular weight excluding hydrogens is 349 g/mol. The number of fused-ring (bicyclic) bond motifs is 1. The summed E-state index contributed by atoms with van der Waals surface area (Å²) in [7, 11) is 0. The van der Waals surface area contributed by atoms with Crippen LogP contribution in [0.5, 0.6) is 0 Å². The number of hydrogen-bond donors (Lipinski definition) is 1. The summed E-state index contributed by atoms with van der Waals surface area (Å²) in [5.41, 5.74) is 0.993. The molecule has 4 rings (SSSR count). The summed E-state index contributed by atoms with van der Waals surface area (Å²) in [5, 5.41) is 2.48. The highest BCUT2D eigenvalue weighted by Crippen LogP contribution is 2.27. The number of para-hydroxylation sites is 1. The standard InChI is InChI=1S/C20H12FN3O3/c21-15-5-1-2-6-16(15)23-18(25)12-7-9-13(10-8-12)24-19(26)14-4-3-11-22-17(14)20(24)27/h1-11H,(H,23,25). The number of nitrogens with zero attached hydrogens (tertiary/aromatic N) is 2. The van der Waals surface area contributed by atoms with Gasteiger partial charge >= 0.3 is 0 Å². The number of hydrogen-bond acceptors (Lipinski definition) is 4. The first-order valence-corrected chi connectivity index (χ1v) is 8.06. The number of carbonyl (C=O) groups is 3. The van der Waals surface area contributed by atoms with Crippen molar-refractivity contribution >= 4 is 29.1 Å². The van der Waals surface area contributed by atoms with Crippen molar-refractivity contribution in [2.45, 2.75) is 0 Å². The zero-order valence-corrected chi connectivity index (χ0v) is 13.8. The largest absolute Gasteiger partial charge is 0.319 e. The molecular formula is C20H12FN3O3. The third-order valence-corrected chi connectivity index (χ3v) is 4.16. The highest BCUT2D eigenvalue weighted by Gasteiger charge is 2.37. The van der Waals surface area contributed by atoms with Crippen LogP contribution < -0.4 is 10.2 Å². The summed E-state index contributed by atoms with van der Waals surface area (Å²) in [5.74, 6) is -2.03. The van der Waals surface area contributed by atoms with E-state index in [0.29, 0.717) is 5.69 Å². The lowest BCUT2D eigenvalue weighted by Crippen LogP contribution is -2.29. The third-order valence-electron chi connectivity index (χ3n) is 4.16. The predicted octanol–water partition coefficient (Wildman–Crippen LogP) is 3.27. The van der Waals surface area contributed by atoms with Gasteiger partial charge in [-0.1, -0.05) is 12.1 Å². The first-order chi connectivity index (χ1) is 13.1. The molecule has 0 spiro atoms. The van der Waals surface area contributed by atoms with Gasteiger partial charge < -0.3 is 5.32 Å². The van der Waals surface area contributed by atoms with E-state index in [0.717, 1.165) is 4.90 Å². The Morgan fingerprint density at radius 3 is 2.37 bits per heavy atom. The number of aromatic nitrogens is 1. The summed E-state index contributed by atoms with van der Waals surface area (Å²) in [6.07, 6.45) is 1.45. The van der Waals surface area contributed by atoms with Gasteiger partial charge in [0.25, 0.3) is 17.7 Å². The quantitative estimate of drug-likeness (QED) is 0.726. The molecule has 6 nitrogen and oxygen atoms in total. The second-order valence-corrected chi connectivity index (χ2v) is 5.83. The number of carbonyl (C=O) groups excluding carboxylic acids is 3. The van der Waals surface area contributed by atoms with Crippen molar-refractivity contribution < 1.29 is 18.8 Å². The van der Waals surface area contributed by atoms with Crippen LogP contribution in [0.2, 0.25) is 0 Å². The predicted molar refractivity (Wildman–Crippen MR) is 96.2 cm³/mol. The molecule has 0 bridgehead atoms. The summed E-state index contributed by atoms with van der Waals surface area (Å²) < 4.78 is 13.6. The van der Waals surface area contributed by atoms with Crippen LogP contribution in [0, 0.1) is 5.82 Å². The van der Waals surface area contributed by atoms with Gasteiger partial charge in [0.2, 0.25) is 0 Å². The molecule has 3 aromatic rings. The van der Waals surface area contributed by atoms with Crippen LogP contribution in [0.1, 0.15) is 31.2 Å². The molecule has 1 aliphatic heterocycles. The summed E-state index contributed by atoms with van der Waals surface area (Å²) in [6.45, 7) is 0. The van der Waals surface area contributed by atoms with Gasteiger partial charge in [-0.25, -0.2) is 9.29 Å². The molecule has 2 heterocycles. The maximum absolute atomic E-state index is 13.6. The molecule has 132 valence electrons. The van der Waals surface area contributed by atoms with Crippen molar-refractivity contribution in [1.82, 2.24) is 4.98 Å². The smallest absolute Gasteiger partial charge is 0.284 e. The Hall–Kier alpha value is -3.87. The lowest BCUT2D eigenvalue weighted by Gasteiger charge is -2.14. The molecule has 1 aliphatic rings. The highest BCUT2D eigenvalue weighted by molar-refractivity contribution is 6.33. The second-order valence-electron chi connectivity index (χ2n) is 5.83. The van der Waals surface area contributed by atoms with Crippen LogP contribution in [0.25, 0.3) is 0 Å². The van der Waals surface area contributed by atoms with Crippen molar-refractivity contribution in [3.05, 3.63) is 89.5 Å². The molecule has 7 heteroatoms. The minimum absolute atomic E-state index is 0.0676. The molecule has 0 radical (unpaired) electrons. The van der Waals surface area contributed by atoms with E-state index in [1.54, 1.807) is 18.2 Å². The van der Waals surface area contributed by atoms with Crippen LogP contribution in [-0.4, -0.2) is 22.7 Å². The highest BCUT2D eigenvalue weighted by atomic mass is 19.1. The van der Waals surface area contributed by atoms with E-state index in [1.165, 1.54) is 48.7 Å². The van der Waals surface area contributed by atoms with Crippen molar-refractivity contribution in [1.29, 1.82) is 0 Å². The van der Waals surface area contributed by atoms with E-state index in [9.17, 15) is 18.8 Å². The SMILES string of the molecule is O=C(Nc1ccccc1F)c1ccc(N2C(=O)c3cccnc3C2=O)cc1. The fourth-order valence-electron chi connectivity index (χ4n) is 2.82. The molecule has 3 amide bonds. The van der Waals surface area contributed by atoms with Gasteiger partial charge in [-0.2, -0.15) is 0 Å². The van der Waals surface area contributed by atoms with Gasteiger partial charge in [-0.15, -0.1) is 0 Å². The van der Waals surface area contributed by atoms with Crippen molar-refractivity contribution in [2.75, 3.05) is 10.2 Å². The lowest BCUT2D eigenvalue weighted by atomic mass is 10.1. The van der Waals surface area contributed by atoms with Gasteiger partial charge in [-0.3, -0.25) is 19.4 Å². The van der Waals surface area contributed by atoms with E-state index < -0.39 is 23.5 Å². The van der Waals surface area contributed by atoms with E-state index in [4.69, 9.17) is 0 Å². The summed E-state index contributed by atoms with van der Waals surface area (Å²) in [6, 6.07) is 14.8. The number of amides is 3. The van der Waals surface area contributed by atoms with Gasteiger partial charge in [-0.05, 0) is 48.5 Å². The Labute approximate surface area is 153 Å². The minimum atomic E-state index is -0.541. The summed E-state index contributed by atoms with van der Waals surface area (Å²) in [4.78, 5) is 42.1. The number of pyridine rings is 1. The molecule has 0 saturated heterocycles. The van der Waals surface area contributed by atoms with E-state index in [-0.39, 0.29) is 22.5 Å². The first kappa shape index (κ1) is 16.6. The monoisotopic (exact) mass is 361 g/mol. The normalized spacial score (nSPS) is 12.9. The Bertz CT molecular complexity index is 1040. The second kappa shape index (κ2) is 6.45. The number of imide groups is 1. The number of halogens is 1. The van der Waals surface area contributed by atoms with Crippen LogP contribution in [0.15, 0.2) is 66.9 Å². The fraction of sp³-hybridized carbons (Fsp3) is 0. The number of benzene rings is 2. The lowest BCUT2D eigenvalue weighted by molar-refractivity contribution is 0.0924. The van der Waals surface area contributed by atoms with E-state index in [2.05, 4.69) is 10.3 Å². The number of rotatable bonds is 3. The molecule has 0 saturated carbocycles. The van der Waals surface area contributed by atoms with Gasteiger partial charge in [0.1, 0.15) is 11.5 Å². The topological polar surface area (TPSA) is 79.4 Å². The van der Waals surface area contributed by atoms with Gasteiger partial charge in [0, 0.05) is 11.8 Å². The molecule has 2 aromatic carbocycles. The van der Waals surface area contributed by atoms with Crippen molar-refractivity contribution in [3.63, 3.8) is 0 Å². The van der Waals surface area contributed by atoms with E-state index >= 15 is 0 Å². The summed E-state index contributed by atoms with van der Waals surface area (Å²) >= 11 is 0. The first-order valence-electron chi connectivity index (χ1n) is 8.06. The van der Waals surface area contributed by atoms with E-state index in [1.807, 2.05) is 0 Å². The van der Waals surface area contributed by atoms with Gasteiger partial charge in [0.05, 0.1) is 16.9 Å². The maximum atomic E-state index is 13.6. The number of anilines is 2. The zero-order valence-electron chi connectivity index (χ0n) is 13.8. The Balaban J connectivity index is 1.57. The molecule has 1 N–H and O–H groups in total. The molecule has 0 fully saturated rings. The molecule has 0 aliphatic carbocycles. The maximum Gasteiger partial charge on any atom is 0.284 e. The number of nitrogens with one attached hydrogen (secondary N) is 1. The zero-order chi connectivity index (χ0) is 19.0. The van der Waals surface area contributed by atoms with Crippen molar-refractivity contribution in [3.8, 4) is 0 Å². The molecule has 0 atom stereocenters. The fourth-order valence-corrected chi connectivity index (χ4v) is 2.82. The van der Waals surface area contributed by atoms with Crippen molar-refractivity contribution in [2.24, 2.45) is 0 Å². The van der Waals surface area contributed by atoms with Crippen LogP contribution in [0.4, 0.5) is 15.8 Å². The van der Waals surface area contributed by atoms with Crippen LogP contribution >= 0.6 is 0 Å². The van der Waals surface area contributed by atoms with Gasteiger partial charge in [0.15, 0.2) is 0 Å². The molecule has 27 heavy (non-hydrogen) atoms. The Morgan fingerprint density at radius 1 is 0.926 bits per heavy atom. The molecule has 0 unspecified atom stereocenters. The average Bonchev–Trinajstić information content (AvgIpc) is 2.95. The Kier molecular flexibility index (Phi) is 3.97. The van der Waals surface area contributed by atoms with Crippen LogP contribution in [-0.2, 0) is 0 Å². The van der Waals surface area contributed by atoms with Crippen LogP contribution in [0.3, 0.4) is 0 Å². The average molecular weight is 361 g/mol. The Morgan fingerprint density at radius 2 is 1.67 bits per heavy atom. The third kappa shape index (κ3) is 2.85.